The van der Waals surface area contributed by atoms with E-state index in [9.17, 15) is 13.2 Å². The number of carbonyl (C=O) groups excluding carboxylic acids is 1. The van der Waals surface area contributed by atoms with Crippen molar-refractivity contribution in [1.82, 2.24) is 4.31 Å². The maximum atomic E-state index is 12.6. The number of methoxy groups -OCH3 is 2. The summed E-state index contributed by atoms with van der Waals surface area (Å²) in [7, 11) is -0.821. The van der Waals surface area contributed by atoms with E-state index in [0.29, 0.717) is 30.4 Å². The Bertz CT molecular complexity index is 917. The summed E-state index contributed by atoms with van der Waals surface area (Å²) in [5, 5.41) is 2.35. The van der Waals surface area contributed by atoms with Crippen LogP contribution in [0.1, 0.15) is 10.6 Å². The van der Waals surface area contributed by atoms with Gasteiger partial charge in [0, 0.05) is 19.2 Å². The van der Waals surface area contributed by atoms with Gasteiger partial charge < -0.3 is 23.9 Å². The van der Waals surface area contributed by atoms with Gasteiger partial charge in [0.2, 0.25) is 5.09 Å². The number of furan rings is 1. The number of nitrogens with one attached hydrogen (secondary N) is 1. The lowest BCUT2D eigenvalue weighted by atomic mass is 10.2. The van der Waals surface area contributed by atoms with E-state index in [1.54, 1.807) is 18.2 Å². The number of rotatable bonds is 6. The van der Waals surface area contributed by atoms with Crippen molar-refractivity contribution in [3.8, 4) is 11.5 Å². The molecule has 1 aliphatic heterocycles. The molecule has 0 atom stereocenters. The van der Waals surface area contributed by atoms with Gasteiger partial charge in [-0.2, -0.15) is 4.31 Å². The predicted octanol–water partition coefficient (Wildman–Crippen LogP) is 1.57. The molecule has 0 unspecified atom stereocenters. The van der Waals surface area contributed by atoms with Crippen molar-refractivity contribution in [2.24, 2.45) is 0 Å². The summed E-state index contributed by atoms with van der Waals surface area (Å²) in [5.74, 6) is 0.249. The summed E-state index contributed by atoms with van der Waals surface area (Å²) in [6, 6.07) is 7.48. The number of morpholine rings is 1. The fraction of sp³-hybridized carbons (Fsp3) is 0.353. The highest BCUT2D eigenvalue weighted by molar-refractivity contribution is 7.89. The Morgan fingerprint density at radius 3 is 2.52 bits per heavy atom. The molecule has 2 heterocycles. The van der Waals surface area contributed by atoms with E-state index in [-0.39, 0.29) is 23.9 Å². The molecule has 3 rings (SSSR count). The third-order valence-corrected chi connectivity index (χ3v) is 5.80. The van der Waals surface area contributed by atoms with Crippen LogP contribution in [0, 0.1) is 0 Å². The lowest BCUT2D eigenvalue weighted by Gasteiger charge is -2.24. The molecule has 9 nitrogen and oxygen atoms in total. The molecule has 0 bridgehead atoms. The van der Waals surface area contributed by atoms with Crippen LogP contribution in [-0.2, 0) is 14.8 Å². The average Bonchev–Trinajstić information content (AvgIpc) is 3.20. The van der Waals surface area contributed by atoms with E-state index in [0.717, 1.165) is 0 Å². The maximum absolute atomic E-state index is 12.6. The van der Waals surface area contributed by atoms with Gasteiger partial charge in [-0.15, -0.1) is 0 Å². The number of anilines is 1. The van der Waals surface area contributed by atoms with Gasteiger partial charge in [0.1, 0.15) is 11.5 Å². The minimum Gasteiger partial charge on any atom is -0.497 e. The van der Waals surface area contributed by atoms with Gasteiger partial charge in [0.15, 0.2) is 5.76 Å². The Balaban J connectivity index is 1.77. The van der Waals surface area contributed by atoms with Crippen LogP contribution in [0.2, 0.25) is 0 Å². The number of hydrogen-bond acceptors (Lipinski definition) is 7. The molecule has 2 aromatic rings. The Morgan fingerprint density at radius 2 is 1.85 bits per heavy atom. The van der Waals surface area contributed by atoms with Gasteiger partial charge in [0.25, 0.3) is 15.9 Å². The molecule has 0 radical (unpaired) electrons. The third-order valence-electron chi connectivity index (χ3n) is 4.03. The quantitative estimate of drug-likeness (QED) is 0.790. The van der Waals surface area contributed by atoms with Crippen molar-refractivity contribution in [3.05, 3.63) is 36.1 Å². The van der Waals surface area contributed by atoms with Crippen molar-refractivity contribution in [2.45, 2.75) is 5.09 Å². The second-order valence-electron chi connectivity index (χ2n) is 5.66. The first kappa shape index (κ1) is 19.2. The Labute approximate surface area is 156 Å². The monoisotopic (exact) mass is 396 g/mol. The molecule has 146 valence electrons. The molecule has 27 heavy (non-hydrogen) atoms. The number of sulfonamides is 1. The predicted molar refractivity (Wildman–Crippen MR) is 95.8 cm³/mol. The summed E-state index contributed by atoms with van der Waals surface area (Å²) in [6.45, 7) is 1.14. The van der Waals surface area contributed by atoms with Crippen molar-refractivity contribution in [3.63, 3.8) is 0 Å². The number of benzene rings is 1. The molecule has 1 fully saturated rings. The van der Waals surface area contributed by atoms with Crippen LogP contribution in [0.3, 0.4) is 0 Å². The van der Waals surface area contributed by atoms with Crippen LogP contribution in [-0.4, -0.2) is 59.2 Å². The highest BCUT2D eigenvalue weighted by Gasteiger charge is 2.30. The fourth-order valence-electron chi connectivity index (χ4n) is 2.58. The smallest absolute Gasteiger partial charge is 0.291 e. The first-order valence-electron chi connectivity index (χ1n) is 8.17. The van der Waals surface area contributed by atoms with E-state index >= 15 is 0 Å². The standard InChI is InChI=1S/C17H20N2O7S/c1-23-12-3-4-13(15(11-12)24-2)18-17(20)14-5-6-16(26-14)27(21,22)19-7-9-25-10-8-19/h3-6,11H,7-10H2,1-2H3,(H,18,20). The van der Waals surface area contributed by atoms with Gasteiger partial charge in [-0.1, -0.05) is 0 Å². The Kier molecular flexibility index (Phi) is 5.68. The van der Waals surface area contributed by atoms with Crippen molar-refractivity contribution in [1.29, 1.82) is 0 Å². The Morgan fingerprint density at radius 1 is 1.11 bits per heavy atom. The zero-order valence-electron chi connectivity index (χ0n) is 14.9. The molecule has 1 aromatic carbocycles. The van der Waals surface area contributed by atoms with Crippen molar-refractivity contribution < 1.29 is 31.8 Å². The first-order chi connectivity index (χ1) is 13.0. The van der Waals surface area contributed by atoms with Crippen LogP contribution in [0.4, 0.5) is 5.69 Å². The molecule has 1 aromatic heterocycles. The van der Waals surface area contributed by atoms with E-state index in [2.05, 4.69) is 5.32 Å². The summed E-state index contributed by atoms with van der Waals surface area (Å²) in [6.07, 6.45) is 0. The summed E-state index contributed by atoms with van der Waals surface area (Å²) in [5.41, 5.74) is 0.400. The maximum Gasteiger partial charge on any atom is 0.291 e. The van der Waals surface area contributed by atoms with Gasteiger partial charge in [-0.25, -0.2) is 8.42 Å². The number of ether oxygens (including phenoxy) is 3. The number of nitrogens with zero attached hydrogens (tertiary/aromatic N) is 1. The SMILES string of the molecule is COc1ccc(NC(=O)c2ccc(S(=O)(=O)N3CCOCC3)o2)c(OC)c1. The third kappa shape index (κ3) is 4.07. The van der Waals surface area contributed by atoms with Crippen molar-refractivity contribution >= 4 is 21.6 Å². The van der Waals surface area contributed by atoms with Gasteiger partial charge in [-0.05, 0) is 24.3 Å². The lowest BCUT2D eigenvalue weighted by Crippen LogP contribution is -2.40. The van der Waals surface area contributed by atoms with Crippen LogP contribution in [0.15, 0.2) is 39.8 Å². The normalized spacial score (nSPS) is 15.3. The molecule has 0 aliphatic carbocycles. The van der Waals surface area contributed by atoms with E-state index in [1.807, 2.05) is 0 Å². The minimum absolute atomic E-state index is 0.125. The molecular formula is C17H20N2O7S. The van der Waals surface area contributed by atoms with E-state index in [1.165, 1.54) is 30.7 Å². The summed E-state index contributed by atoms with van der Waals surface area (Å²) in [4.78, 5) is 12.4. The first-order valence-corrected chi connectivity index (χ1v) is 9.61. The fourth-order valence-corrected chi connectivity index (χ4v) is 3.90. The largest absolute Gasteiger partial charge is 0.497 e. The molecular weight excluding hydrogens is 376 g/mol. The molecule has 10 heteroatoms. The van der Waals surface area contributed by atoms with Crippen LogP contribution in [0.25, 0.3) is 0 Å². The molecule has 0 saturated carbocycles. The van der Waals surface area contributed by atoms with Gasteiger partial charge in [0.05, 0.1) is 33.1 Å². The van der Waals surface area contributed by atoms with E-state index < -0.39 is 15.9 Å². The molecule has 1 N–H and O–H groups in total. The van der Waals surface area contributed by atoms with Crippen LogP contribution < -0.4 is 14.8 Å². The molecule has 1 aliphatic rings. The Hall–Kier alpha value is -2.56. The summed E-state index contributed by atoms with van der Waals surface area (Å²) < 4.78 is 47.2. The topological polar surface area (TPSA) is 107 Å². The number of amides is 1. The van der Waals surface area contributed by atoms with Crippen LogP contribution >= 0.6 is 0 Å². The molecule has 1 amide bonds. The van der Waals surface area contributed by atoms with Crippen molar-refractivity contribution in [2.75, 3.05) is 45.8 Å². The molecule has 0 spiro atoms. The zero-order valence-corrected chi connectivity index (χ0v) is 15.7. The van der Waals surface area contributed by atoms with Crippen LogP contribution in [0.5, 0.6) is 11.5 Å². The minimum atomic E-state index is -3.80. The average molecular weight is 396 g/mol. The lowest BCUT2D eigenvalue weighted by molar-refractivity contribution is 0.0723. The van der Waals surface area contributed by atoms with Gasteiger partial charge >= 0.3 is 0 Å². The second kappa shape index (κ2) is 7.99. The van der Waals surface area contributed by atoms with Gasteiger partial charge in [-0.3, -0.25) is 4.79 Å². The number of carbonyl (C=O) groups is 1. The second-order valence-corrected chi connectivity index (χ2v) is 7.52. The zero-order chi connectivity index (χ0) is 19.4. The molecule has 1 saturated heterocycles. The number of hydrogen-bond donors (Lipinski definition) is 1. The summed E-state index contributed by atoms with van der Waals surface area (Å²) >= 11 is 0. The highest BCUT2D eigenvalue weighted by Crippen LogP contribution is 2.29. The van der Waals surface area contributed by atoms with E-state index in [4.69, 9.17) is 18.6 Å². The highest BCUT2D eigenvalue weighted by atomic mass is 32.2.